The topological polar surface area (TPSA) is 44.8 Å². The fourth-order valence-electron chi connectivity index (χ4n) is 2.79. The number of Topliss-reactive ketones (excluding diaryl/α,β-unsaturated/α-hetero) is 1. The monoisotopic (exact) mass is 322 g/mol. The van der Waals surface area contributed by atoms with Gasteiger partial charge in [-0.2, -0.15) is 0 Å². The molecule has 1 aromatic carbocycles. The van der Waals surface area contributed by atoms with Crippen LogP contribution in [-0.2, 0) is 19.3 Å². The Labute approximate surface area is 134 Å². The molecule has 0 amide bonds. The van der Waals surface area contributed by atoms with E-state index < -0.39 is 5.79 Å². The van der Waals surface area contributed by atoms with E-state index in [1.165, 1.54) is 0 Å². The first-order valence-electron chi connectivity index (χ1n) is 7.53. The van der Waals surface area contributed by atoms with Crippen molar-refractivity contribution in [1.29, 1.82) is 0 Å². The van der Waals surface area contributed by atoms with E-state index in [9.17, 15) is 4.79 Å². The fourth-order valence-corrected chi connectivity index (χ4v) is 2.92. The Balaban J connectivity index is 1.66. The molecule has 1 saturated carbocycles. The highest BCUT2D eigenvalue weighted by Gasteiger charge is 2.41. The maximum atomic E-state index is 11.4. The number of benzene rings is 1. The number of hydrogen-bond donors (Lipinski definition) is 0. The number of carbonyl (C=O) groups excluding carboxylic acids is 1. The molecule has 1 saturated heterocycles. The highest BCUT2D eigenvalue weighted by molar-refractivity contribution is 6.30. The molecule has 0 radical (unpaired) electrons. The van der Waals surface area contributed by atoms with Crippen LogP contribution in [0.15, 0.2) is 30.8 Å². The molecule has 118 valence electrons. The predicted molar refractivity (Wildman–Crippen MR) is 83.2 cm³/mol. The van der Waals surface area contributed by atoms with Crippen LogP contribution in [0.4, 0.5) is 0 Å². The van der Waals surface area contributed by atoms with Gasteiger partial charge in [-0.25, -0.2) is 9.78 Å². The average molecular weight is 323 g/mol. The van der Waals surface area contributed by atoms with Crippen LogP contribution in [0, 0.1) is 0 Å². The summed E-state index contributed by atoms with van der Waals surface area (Å²) in [7, 11) is 0. The maximum absolute atomic E-state index is 11.4. The minimum absolute atomic E-state index is 0.254. The third-order valence-corrected chi connectivity index (χ3v) is 4.49. The first-order chi connectivity index (χ1) is 10.6. The van der Waals surface area contributed by atoms with Crippen LogP contribution < -0.4 is 0 Å². The summed E-state index contributed by atoms with van der Waals surface area (Å²) in [6, 6.07) is 7.47. The van der Waals surface area contributed by atoms with Gasteiger partial charge in [-0.3, -0.25) is 4.79 Å². The molecule has 0 aromatic heterocycles. The number of ether oxygens (including phenoxy) is 1. The van der Waals surface area contributed by atoms with Gasteiger partial charge in [0.25, 0.3) is 0 Å². The third-order valence-electron chi connectivity index (χ3n) is 4.23. The van der Waals surface area contributed by atoms with Crippen molar-refractivity contribution < 1.29 is 19.3 Å². The van der Waals surface area contributed by atoms with Gasteiger partial charge >= 0.3 is 0 Å². The van der Waals surface area contributed by atoms with E-state index in [0.29, 0.717) is 43.7 Å². The molecule has 0 bridgehead atoms. The lowest BCUT2D eigenvalue weighted by molar-refractivity contribution is -0.427. The van der Waals surface area contributed by atoms with E-state index in [0.717, 1.165) is 11.1 Å². The first-order valence-corrected chi connectivity index (χ1v) is 7.91. The number of carbonyl (C=O) groups is 1. The van der Waals surface area contributed by atoms with Crippen LogP contribution in [0.1, 0.15) is 37.7 Å². The zero-order valence-electron chi connectivity index (χ0n) is 12.3. The highest BCUT2D eigenvalue weighted by atomic mass is 35.5. The van der Waals surface area contributed by atoms with Crippen molar-refractivity contribution in [3.63, 3.8) is 0 Å². The Hall–Kier alpha value is -1.20. The summed E-state index contributed by atoms with van der Waals surface area (Å²) in [5.74, 6) is -0.521. The zero-order valence-corrected chi connectivity index (χ0v) is 13.1. The third kappa shape index (κ3) is 3.41. The molecule has 5 heteroatoms. The molecule has 1 aromatic rings. The summed E-state index contributed by atoms with van der Waals surface area (Å²) in [5.41, 5.74) is 1.80. The summed E-state index contributed by atoms with van der Waals surface area (Å²) in [6.45, 7) is 4.63. The molecule has 2 fully saturated rings. The number of ketones is 1. The molecule has 1 aliphatic carbocycles. The SMILES string of the molecule is C=C(c1ccc(Cl)cc1)C1CCOC2(CCC(=O)CC2)OO1. The molecular weight excluding hydrogens is 304 g/mol. The van der Waals surface area contributed by atoms with E-state index in [1.807, 2.05) is 24.3 Å². The molecule has 0 N–H and O–H groups in total. The van der Waals surface area contributed by atoms with Crippen molar-refractivity contribution in [3.8, 4) is 0 Å². The van der Waals surface area contributed by atoms with E-state index in [4.69, 9.17) is 26.1 Å². The van der Waals surface area contributed by atoms with Crippen molar-refractivity contribution >= 4 is 23.0 Å². The van der Waals surface area contributed by atoms with E-state index >= 15 is 0 Å². The van der Waals surface area contributed by atoms with Gasteiger partial charge in [0.05, 0.1) is 6.61 Å². The molecule has 1 unspecified atom stereocenters. The van der Waals surface area contributed by atoms with Crippen molar-refractivity contribution in [2.45, 2.75) is 44.0 Å². The van der Waals surface area contributed by atoms with Crippen LogP contribution in [0.5, 0.6) is 0 Å². The fraction of sp³-hybridized carbons (Fsp3) is 0.471. The highest BCUT2D eigenvalue weighted by Crippen LogP contribution is 2.36. The van der Waals surface area contributed by atoms with Crippen molar-refractivity contribution in [3.05, 3.63) is 41.4 Å². The van der Waals surface area contributed by atoms with Crippen LogP contribution in [0.3, 0.4) is 0 Å². The summed E-state index contributed by atoms with van der Waals surface area (Å²) in [5, 5.41) is 0.684. The Morgan fingerprint density at radius 2 is 1.91 bits per heavy atom. The van der Waals surface area contributed by atoms with Crippen molar-refractivity contribution in [2.75, 3.05) is 6.61 Å². The van der Waals surface area contributed by atoms with Crippen LogP contribution in [0.25, 0.3) is 5.57 Å². The largest absolute Gasteiger partial charge is 0.347 e. The summed E-state index contributed by atoms with van der Waals surface area (Å²) in [6.07, 6.45) is 2.45. The lowest BCUT2D eigenvalue weighted by atomic mass is 9.93. The molecule has 4 nitrogen and oxygen atoms in total. The lowest BCUT2D eigenvalue weighted by Crippen LogP contribution is -2.39. The summed E-state index contributed by atoms with van der Waals surface area (Å²) >= 11 is 5.90. The van der Waals surface area contributed by atoms with Gasteiger partial charge in [0, 0.05) is 37.1 Å². The van der Waals surface area contributed by atoms with Gasteiger partial charge in [-0.05, 0) is 23.3 Å². The molecular formula is C17H19ClO4. The number of hydrogen-bond acceptors (Lipinski definition) is 4. The quantitative estimate of drug-likeness (QED) is 0.774. The minimum atomic E-state index is -0.775. The van der Waals surface area contributed by atoms with Crippen molar-refractivity contribution in [2.24, 2.45) is 0 Å². The van der Waals surface area contributed by atoms with Gasteiger partial charge in [0.15, 0.2) is 0 Å². The van der Waals surface area contributed by atoms with Gasteiger partial charge in [-0.1, -0.05) is 30.3 Å². The summed E-state index contributed by atoms with van der Waals surface area (Å²) in [4.78, 5) is 22.6. The second kappa shape index (κ2) is 6.50. The van der Waals surface area contributed by atoms with Crippen LogP contribution in [0.2, 0.25) is 5.02 Å². The predicted octanol–water partition coefficient (Wildman–Crippen LogP) is 3.93. The Morgan fingerprint density at radius 1 is 1.23 bits per heavy atom. The summed E-state index contributed by atoms with van der Waals surface area (Å²) < 4.78 is 5.85. The minimum Gasteiger partial charge on any atom is -0.347 e. The standard InChI is InChI=1S/C17H19ClO4/c1-12(13-2-4-14(18)5-3-13)16-8-11-20-17(22-21-16)9-6-15(19)7-10-17/h2-5,16H,1,6-11H2. The number of halogens is 1. The van der Waals surface area contributed by atoms with Gasteiger partial charge in [0.1, 0.15) is 11.9 Å². The Morgan fingerprint density at radius 3 is 2.59 bits per heavy atom. The normalized spacial score (nSPS) is 25.0. The van der Waals surface area contributed by atoms with E-state index in [2.05, 4.69) is 6.58 Å². The number of rotatable bonds is 2. The van der Waals surface area contributed by atoms with Crippen molar-refractivity contribution in [1.82, 2.24) is 0 Å². The first kappa shape index (κ1) is 15.7. The molecule has 3 rings (SSSR count). The van der Waals surface area contributed by atoms with E-state index in [1.54, 1.807) is 0 Å². The van der Waals surface area contributed by atoms with Gasteiger partial charge in [0.2, 0.25) is 5.79 Å². The Bertz CT molecular complexity index is 557. The van der Waals surface area contributed by atoms with Gasteiger partial charge < -0.3 is 4.74 Å². The second-order valence-electron chi connectivity index (χ2n) is 5.79. The molecule has 1 atom stereocenters. The van der Waals surface area contributed by atoms with Crippen LogP contribution in [-0.4, -0.2) is 24.3 Å². The lowest BCUT2D eigenvalue weighted by Gasteiger charge is -2.33. The van der Waals surface area contributed by atoms with Crippen LogP contribution >= 0.6 is 11.6 Å². The van der Waals surface area contributed by atoms with Gasteiger partial charge in [-0.15, -0.1) is 0 Å². The molecule has 1 aliphatic heterocycles. The average Bonchev–Trinajstić information content (AvgIpc) is 2.74. The molecule has 1 spiro atoms. The second-order valence-corrected chi connectivity index (χ2v) is 6.22. The Kier molecular flexibility index (Phi) is 4.64. The molecule has 22 heavy (non-hydrogen) atoms. The molecule has 1 heterocycles. The maximum Gasteiger partial charge on any atom is 0.202 e. The smallest absolute Gasteiger partial charge is 0.202 e. The molecule has 2 aliphatic rings. The van der Waals surface area contributed by atoms with E-state index in [-0.39, 0.29) is 11.9 Å². The zero-order chi connectivity index (χ0) is 15.6.